The molecule has 0 spiro atoms. The van der Waals surface area contributed by atoms with Crippen LogP contribution in [0.25, 0.3) is 11.5 Å². The second kappa shape index (κ2) is 13.5. The fraction of sp³-hybridized carbons (Fsp3) is 1.00. The van der Waals surface area contributed by atoms with Gasteiger partial charge in [0.25, 0.3) is 0 Å². The van der Waals surface area contributed by atoms with Gasteiger partial charge in [0.05, 0.1) is 0 Å². The van der Waals surface area contributed by atoms with Crippen LogP contribution < -0.4 is 0 Å². The van der Waals surface area contributed by atoms with Gasteiger partial charge in [-0.3, -0.25) is 0 Å². The van der Waals surface area contributed by atoms with Gasteiger partial charge in [0.15, 0.2) is 0 Å². The van der Waals surface area contributed by atoms with E-state index in [0.29, 0.717) is 0 Å². The van der Waals surface area contributed by atoms with Gasteiger partial charge in [-0.05, 0) is 0 Å². The molecule has 0 aromatic heterocycles. The molecule has 1 rings (SSSR count). The molecule has 9 heteroatoms. The van der Waals surface area contributed by atoms with Crippen LogP contribution >= 0.6 is 39.9 Å². The zero-order chi connectivity index (χ0) is 12.3. The number of nitrogens with zero attached hydrogens (tertiary/aromatic N) is 1. The van der Waals surface area contributed by atoms with Gasteiger partial charge in [0.2, 0.25) is 0 Å². The van der Waals surface area contributed by atoms with Crippen LogP contribution in [0.15, 0.2) is 5.34 Å². The zero-order valence-corrected chi connectivity index (χ0v) is 14.7. The summed E-state index contributed by atoms with van der Waals surface area (Å²) in [5.41, 5.74) is 14.6. The van der Waals surface area contributed by atoms with Crippen molar-refractivity contribution in [2.45, 2.75) is 37.8 Å². The van der Waals surface area contributed by atoms with E-state index in [4.69, 9.17) is 21.6 Å². The third-order valence-electron chi connectivity index (χ3n) is 1.77. The summed E-state index contributed by atoms with van der Waals surface area (Å²) in [6.07, 6.45) is 4.25. The van der Waals surface area contributed by atoms with Crippen molar-refractivity contribution in [3.05, 3.63) is 21.6 Å². The first kappa shape index (κ1) is 18.8. The van der Waals surface area contributed by atoms with Gasteiger partial charge in [0.1, 0.15) is 0 Å². The molecule has 0 amide bonds. The van der Waals surface area contributed by atoms with Crippen LogP contribution in [0.4, 0.5) is 0 Å². The van der Waals surface area contributed by atoms with Crippen LogP contribution in [0.2, 0.25) is 0 Å². The first-order chi connectivity index (χ1) is 6.95. The summed E-state index contributed by atoms with van der Waals surface area (Å²) in [5.74, 6) is 0. The van der Waals surface area contributed by atoms with E-state index in [0.717, 1.165) is 18.2 Å². The van der Waals surface area contributed by atoms with Gasteiger partial charge in [-0.2, -0.15) is 12.1 Å². The molecule has 1 aliphatic carbocycles. The average molecular weight is 593 g/mol. The summed E-state index contributed by atoms with van der Waals surface area (Å²) in [5, 5.41) is 9.00. The summed E-state index contributed by atoms with van der Waals surface area (Å²) < 4.78 is 0. The Morgan fingerprint density at radius 3 is 1.47 bits per heavy atom. The fourth-order valence-corrected chi connectivity index (χ4v) is 1.13. The number of hydrogen-bond acceptors (Lipinski definition) is 3. The Balaban J connectivity index is 0. The normalized spacial score (nSPS) is 25.0. The number of nitrogens with one attached hydrogen (secondary N) is 2. The Morgan fingerprint density at radius 1 is 1.13 bits per heavy atom. The van der Waals surface area contributed by atoms with Crippen molar-refractivity contribution in [3.63, 3.8) is 0 Å². The molecule has 0 radical (unpaired) electrons. The SMILES string of the molecule is O=N[O-].[Br][Pt]([Br])[Br].[NH-]C1CCCCC1[NH-]. The predicted molar refractivity (Wildman–Crippen MR) is 70.6 cm³/mol. The molecule has 15 heavy (non-hydrogen) atoms. The summed E-state index contributed by atoms with van der Waals surface area (Å²) in [7, 11) is 0. The third kappa shape index (κ3) is 18.0. The van der Waals surface area contributed by atoms with Crippen molar-refractivity contribution >= 4 is 39.9 Å². The largest absolute Gasteiger partial charge is 0.676 e. The van der Waals surface area contributed by atoms with Crippen molar-refractivity contribution in [1.82, 2.24) is 0 Å². The van der Waals surface area contributed by atoms with Crippen molar-refractivity contribution in [2.24, 2.45) is 5.34 Å². The molecular formula is C6H12Br3N3O2Pt-3. The second-order valence-electron chi connectivity index (χ2n) is 2.71. The summed E-state index contributed by atoms with van der Waals surface area (Å²) in [4.78, 5) is 8.00. The molecule has 1 fully saturated rings. The smallest absolute Gasteiger partial charge is 0.0548 e. The molecule has 0 aromatic rings. The molecule has 1 saturated carbocycles. The first-order valence-corrected chi connectivity index (χ1v) is 18.8. The maximum atomic E-state index is 8.00. The van der Waals surface area contributed by atoms with E-state index in [-0.39, 0.29) is 12.1 Å². The third-order valence-corrected chi connectivity index (χ3v) is 1.77. The molecule has 5 nitrogen and oxygen atoms in total. The van der Waals surface area contributed by atoms with Crippen LogP contribution in [-0.4, -0.2) is 12.1 Å². The van der Waals surface area contributed by atoms with Crippen LogP contribution in [0.1, 0.15) is 25.7 Å². The second-order valence-corrected chi connectivity index (χ2v) is 32.5. The van der Waals surface area contributed by atoms with Crippen molar-refractivity contribution in [2.75, 3.05) is 0 Å². The van der Waals surface area contributed by atoms with E-state index in [1.165, 1.54) is 12.8 Å². The molecule has 2 atom stereocenters. The van der Waals surface area contributed by atoms with Crippen molar-refractivity contribution < 1.29 is 11.1 Å². The molecule has 2 unspecified atom stereocenters. The van der Waals surface area contributed by atoms with E-state index in [1.54, 1.807) is 0 Å². The van der Waals surface area contributed by atoms with Gasteiger partial charge in [-0.25, -0.2) is 0 Å². The van der Waals surface area contributed by atoms with Gasteiger partial charge in [-0.1, -0.05) is 25.7 Å². The summed E-state index contributed by atoms with van der Waals surface area (Å²) >= 11 is 8.95. The molecule has 0 aliphatic heterocycles. The minimum Gasteiger partial charge on any atom is -0.676 e. The molecule has 0 aromatic carbocycles. The standard InChI is InChI=1S/C6H12N2.3BrH.HNO2.Pt/c7-5-3-1-2-4-6(5)8;;;;2-1-3;/h5-8H,1-4H2;3*1H;(H,2,3);/q-2;;;;;+3/p-4. The van der Waals surface area contributed by atoms with E-state index < -0.39 is 11.1 Å². The van der Waals surface area contributed by atoms with Gasteiger partial charge in [-0.15, -0.1) is 5.34 Å². The zero-order valence-electron chi connectivity index (χ0n) is 7.70. The van der Waals surface area contributed by atoms with Crippen LogP contribution in [0, 0.1) is 10.1 Å². The number of halogens is 3. The summed E-state index contributed by atoms with van der Waals surface area (Å²) in [6, 6.07) is -0.160. The average Bonchev–Trinajstić information content (AvgIpc) is 2.10. The number of hydrogen-bond donors (Lipinski definition) is 0. The Morgan fingerprint density at radius 2 is 1.33 bits per heavy atom. The fourth-order valence-electron chi connectivity index (χ4n) is 1.13. The summed E-state index contributed by atoms with van der Waals surface area (Å²) in [6.45, 7) is 0. The Kier molecular flexibility index (Phi) is 16.9. The maximum absolute atomic E-state index is 8.00. The van der Waals surface area contributed by atoms with E-state index >= 15 is 0 Å². The molecule has 1 aliphatic rings. The molecule has 2 N–H and O–H groups in total. The van der Waals surface area contributed by atoms with Gasteiger partial charge >= 0.3 is 51.0 Å². The molecular weight excluding hydrogens is 581 g/mol. The molecule has 97 valence electrons. The van der Waals surface area contributed by atoms with E-state index in [9.17, 15) is 0 Å². The van der Waals surface area contributed by atoms with Crippen molar-refractivity contribution in [3.8, 4) is 0 Å². The van der Waals surface area contributed by atoms with E-state index in [1.807, 2.05) is 0 Å². The van der Waals surface area contributed by atoms with Crippen molar-refractivity contribution in [1.29, 1.82) is 0 Å². The van der Waals surface area contributed by atoms with Crippen LogP contribution in [0.5, 0.6) is 0 Å². The quantitative estimate of drug-likeness (QED) is 0.286. The molecule has 0 saturated heterocycles. The monoisotopic (exact) mass is 590 g/mol. The van der Waals surface area contributed by atoms with Gasteiger partial charge < -0.3 is 21.6 Å². The topological polar surface area (TPSA) is 100 Å². The molecule has 0 bridgehead atoms. The Bertz CT molecular complexity index is 143. The first-order valence-electron chi connectivity index (χ1n) is 3.95. The van der Waals surface area contributed by atoms with Crippen LogP contribution in [-0.2, 0) is 11.1 Å². The van der Waals surface area contributed by atoms with E-state index in [2.05, 4.69) is 39.9 Å². The predicted octanol–water partition coefficient (Wildman–Crippen LogP) is 5.19. The number of rotatable bonds is 0. The Labute approximate surface area is 115 Å². The minimum atomic E-state index is -0.831. The minimum absolute atomic E-state index is 0.0799. The van der Waals surface area contributed by atoms with Crippen LogP contribution in [0.3, 0.4) is 0 Å². The molecule has 0 heterocycles. The maximum Gasteiger partial charge on any atom is -0.0548 e. The Hall–Kier alpha value is 1.45. The van der Waals surface area contributed by atoms with Gasteiger partial charge in [0, 0.05) is 0 Å².